The Balaban J connectivity index is 1.40. The Morgan fingerprint density at radius 3 is 2.68 bits per heavy atom. The summed E-state index contributed by atoms with van der Waals surface area (Å²) >= 11 is 1.58. The molecule has 0 radical (unpaired) electrons. The van der Waals surface area contributed by atoms with E-state index in [1.54, 1.807) is 22.5 Å². The molecular formula is C21H18N4O2S. The highest BCUT2D eigenvalue weighted by Gasteiger charge is 2.14. The highest BCUT2D eigenvalue weighted by Crippen LogP contribution is 2.32. The van der Waals surface area contributed by atoms with Crippen LogP contribution in [0.4, 0.5) is 0 Å². The number of benzene rings is 2. The fourth-order valence-corrected chi connectivity index (χ4v) is 3.87. The van der Waals surface area contributed by atoms with Crippen molar-refractivity contribution in [3.8, 4) is 22.8 Å². The molecule has 0 atom stereocenters. The number of hydrogen-bond acceptors (Lipinski definition) is 6. The van der Waals surface area contributed by atoms with Gasteiger partial charge < -0.3 is 9.47 Å². The van der Waals surface area contributed by atoms with Crippen molar-refractivity contribution < 1.29 is 9.47 Å². The molecule has 0 aliphatic carbocycles. The Kier molecular flexibility index (Phi) is 4.37. The molecule has 140 valence electrons. The predicted molar refractivity (Wildman–Crippen MR) is 108 cm³/mol. The summed E-state index contributed by atoms with van der Waals surface area (Å²) < 4.78 is 13.0. The molecule has 0 amide bonds. The second-order valence-corrected chi connectivity index (χ2v) is 7.51. The van der Waals surface area contributed by atoms with Crippen LogP contribution in [0.1, 0.15) is 11.1 Å². The second-order valence-electron chi connectivity index (χ2n) is 6.57. The van der Waals surface area contributed by atoms with Crippen LogP contribution in [-0.4, -0.2) is 32.8 Å². The van der Waals surface area contributed by atoms with E-state index in [1.165, 1.54) is 5.56 Å². The van der Waals surface area contributed by atoms with Gasteiger partial charge in [-0.15, -0.1) is 5.10 Å². The minimum absolute atomic E-state index is 0.588. The highest BCUT2D eigenvalue weighted by atomic mass is 32.2. The summed E-state index contributed by atoms with van der Waals surface area (Å²) in [6, 6.07) is 16.4. The Labute approximate surface area is 166 Å². The number of aromatic nitrogens is 4. The van der Waals surface area contributed by atoms with Crippen LogP contribution in [-0.2, 0) is 5.75 Å². The molecular weight excluding hydrogens is 372 g/mol. The molecule has 3 heterocycles. The van der Waals surface area contributed by atoms with Gasteiger partial charge >= 0.3 is 0 Å². The first kappa shape index (κ1) is 17.1. The average Bonchev–Trinajstić information content (AvgIpc) is 3.16. The van der Waals surface area contributed by atoms with Gasteiger partial charge in [-0.25, -0.2) is 4.98 Å². The topological polar surface area (TPSA) is 61.5 Å². The zero-order valence-corrected chi connectivity index (χ0v) is 16.1. The molecule has 28 heavy (non-hydrogen) atoms. The summed E-state index contributed by atoms with van der Waals surface area (Å²) in [7, 11) is 0. The van der Waals surface area contributed by atoms with Crippen molar-refractivity contribution in [1.82, 2.24) is 19.6 Å². The lowest BCUT2D eigenvalue weighted by molar-refractivity contribution is 0.171. The molecule has 0 bridgehead atoms. The Hall–Kier alpha value is -3.06. The maximum atomic E-state index is 5.66. The molecule has 1 aliphatic heterocycles. The highest BCUT2D eigenvalue weighted by molar-refractivity contribution is 7.98. The minimum atomic E-state index is 0.588. The van der Waals surface area contributed by atoms with Gasteiger partial charge in [0.25, 0.3) is 5.78 Å². The summed E-state index contributed by atoms with van der Waals surface area (Å²) in [6.45, 7) is 3.27. The van der Waals surface area contributed by atoms with Crippen molar-refractivity contribution in [1.29, 1.82) is 0 Å². The summed E-state index contributed by atoms with van der Waals surface area (Å²) in [4.78, 5) is 8.92. The van der Waals surface area contributed by atoms with Gasteiger partial charge in [-0.3, -0.25) is 0 Å². The van der Waals surface area contributed by atoms with E-state index in [-0.39, 0.29) is 0 Å². The molecule has 0 unspecified atom stereocenters. The van der Waals surface area contributed by atoms with Gasteiger partial charge in [-0.2, -0.15) is 9.50 Å². The SMILES string of the molecule is Cc1ccc(-c2ccnc3nc(SCc4ccc5c(c4)OCCO5)nn23)cc1. The molecule has 0 N–H and O–H groups in total. The van der Waals surface area contributed by atoms with Gasteiger partial charge in [0, 0.05) is 17.5 Å². The summed E-state index contributed by atoms with van der Waals surface area (Å²) in [5.41, 5.74) is 4.43. The van der Waals surface area contributed by atoms with Crippen LogP contribution in [0.5, 0.6) is 11.5 Å². The molecule has 0 saturated carbocycles. The minimum Gasteiger partial charge on any atom is -0.486 e. The number of hydrogen-bond donors (Lipinski definition) is 0. The van der Waals surface area contributed by atoms with Gasteiger partial charge in [0.2, 0.25) is 5.16 Å². The van der Waals surface area contributed by atoms with Gasteiger partial charge in [-0.05, 0) is 30.7 Å². The maximum absolute atomic E-state index is 5.66. The second kappa shape index (κ2) is 7.16. The van der Waals surface area contributed by atoms with Crippen molar-refractivity contribution in [3.63, 3.8) is 0 Å². The third kappa shape index (κ3) is 3.29. The van der Waals surface area contributed by atoms with Gasteiger partial charge in [0.15, 0.2) is 11.5 Å². The molecule has 6 nitrogen and oxygen atoms in total. The van der Waals surface area contributed by atoms with Crippen molar-refractivity contribution >= 4 is 17.5 Å². The number of rotatable bonds is 4. The van der Waals surface area contributed by atoms with E-state index < -0.39 is 0 Å². The van der Waals surface area contributed by atoms with E-state index >= 15 is 0 Å². The molecule has 5 rings (SSSR count). The van der Waals surface area contributed by atoms with Crippen molar-refractivity contribution in [2.24, 2.45) is 0 Å². The van der Waals surface area contributed by atoms with Crippen LogP contribution < -0.4 is 9.47 Å². The standard InChI is InChI=1S/C21H18N4O2S/c1-14-2-5-16(6-3-14)17-8-9-22-20-23-21(24-25(17)20)28-13-15-4-7-18-19(12-15)27-11-10-26-18/h2-9,12H,10-11,13H2,1H3. The first-order chi connectivity index (χ1) is 13.8. The first-order valence-corrected chi connectivity index (χ1v) is 10.0. The maximum Gasteiger partial charge on any atom is 0.253 e. The summed E-state index contributed by atoms with van der Waals surface area (Å²) in [6.07, 6.45) is 1.77. The van der Waals surface area contributed by atoms with E-state index in [1.807, 2.05) is 24.3 Å². The van der Waals surface area contributed by atoms with E-state index in [0.29, 0.717) is 24.1 Å². The molecule has 2 aromatic heterocycles. The fourth-order valence-electron chi connectivity index (χ4n) is 3.11. The largest absolute Gasteiger partial charge is 0.486 e. The van der Waals surface area contributed by atoms with Crippen LogP contribution in [0.15, 0.2) is 59.9 Å². The predicted octanol–water partition coefficient (Wildman–Crippen LogP) is 4.16. The van der Waals surface area contributed by atoms with E-state index in [2.05, 4.69) is 46.3 Å². The number of nitrogens with zero attached hydrogens (tertiary/aromatic N) is 4. The zero-order chi connectivity index (χ0) is 18.9. The molecule has 0 fully saturated rings. The van der Waals surface area contributed by atoms with Crippen molar-refractivity contribution in [2.75, 3.05) is 13.2 Å². The van der Waals surface area contributed by atoms with Gasteiger partial charge in [0.05, 0.1) is 5.69 Å². The normalized spacial score (nSPS) is 13.0. The van der Waals surface area contributed by atoms with Crippen LogP contribution >= 0.6 is 11.8 Å². The quantitative estimate of drug-likeness (QED) is 0.488. The van der Waals surface area contributed by atoms with Crippen LogP contribution in [0.3, 0.4) is 0 Å². The third-order valence-electron chi connectivity index (χ3n) is 4.54. The smallest absolute Gasteiger partial charge is 0.253 e. The van der Waals surface area contributed by atoms with Gasteiger partial charge in [0.1, 0.15) is 13.2 Å². The lowest BCUT2D eigenvalue weighted by atomic mass is 10.1. The lowest BCUT2D eigenvalue weighted by Crippen LogP contribution is -2.15. The van der Waals surface area contributed by atoms with Crippen LogP contribution in [0.25, 0.3) is 17.0 Å². The van der Waals surface area contributed by atoms with E-state index in [4.69, 9.17) is 9.47 Å². The Bertz CT molecular complexity index is 1140. The monoisotopic (exact) mass is 390 g/mol. The average molecular weight is 390 g/mol. The van der Waals surface area contributed by atoms with Crippen LogP contribution in [0.2, 0.25) is 0 Å². The third-order valence-corrected chi connectivity index (χ3v) is 5.45. The number of aryl methyl sites for hydroxylation is 1. The number of ether oxygens (including phenoxy) is 2. The summed E-state index contributed by atoms with van der Waals surface area (Å²) in [5.74, 6) is 2.95. The molecule has 1 aliphatic rings. The Morgan fingerprint density at radius 2 is 1.82 bits per heavy atom. The molecule has 0 saturated heterocycles. The van der Waals surface area contributed by atoms with E-state index in [0.717, 1.165) is 34.1 Å². The van der Waals surface area contributed by atoms with Crippen molar-refractivity contribution in [2.45, 2.75) is 17.8 Å². The number of fused-ring (bicyclic) bond motifs is 2. The zero-order valence-electron chi connectivity index (χ0n) is 15.3. The van der Waals surface area contributed by atoms with Gasteiger partial charge in [-0.1, -0.05) is 47.7 Å². The fraction of sp³-hybridized carbons (Fsp3) is 0.190. The van der Waals surface area contributed by atoms with Crippen LogP contribution in [0, 0.1) is 6.92 Å². The Morgan fingerprint density at radius 1 is 1.00 bits per heavy atom. The summed E-state index contributed by atoms with van der Waals surface area (Å²) in [5, 5.41) is 5.36. The molecule has 7 heteroatoms. The lowest BCUT2D eigenvalue weighted by Gasteiger charge is -2.18. The molecule has 0 spiro atoms. The molecule has 2 aromatic carbocycles. The van der Waals surface area contributed by atoms with Crippen molar-refractivity contribution in [3.05, 3.63) is 65.9 Å². The number of thioether (sulfide) groups is 1. The van der Waals surface area contributed by atoms with E-state index in [9.17, 15) is 0 Å². The molecule has 4 aromatic rings. The first-order valence-electron chi connectivity index (χ1n) is 9.06.